The number of ether oxygens (including phenoxy) is 2. The van der Waals surface area contributed by atoms with Crippen molar-refractivity contribution in [3.05, 3.63) is 29.8 Å². The second-order valence-electron chi connectivity index (χ2n) is 4.38. The van der Waals surface area contributed by atoms with Crippen molar-refractivity contribution in [2.45, 2.75) is 26.1 Å². The molecule has 20 heavy (non-hydrogen) atoms. The lowest BCUT2D eigenvalue weighted by atomic mass is 9.86. The second kappa shape index (κ2) is 5.66. The molecular formula is C15H14O5. The van der Waals surface area contributed by atoms with Gasteiger partial charge in [-0.3, -0.25) is 9.59 Å². The quantitative estimate of drug-likeness (QED) is 0.503. The van der Waals surface area contributed by atoms with Gasteiger partial charge in [0.1, 0.15) is 5.75 Å². The number of carbonyl (C=O) groups is 2. The first-order valence-electron chi connectivity index (χ1n) is 6.15. The number of phenols is 1. The third-order valence-electron chi connectivity index (χ3n) is 2.96. The molecule has 0 radical (unpaired) electrons. The smallest absolute Gasteiger partial charge is 0.325 e. The number of phenolic OH excluding ortho intramolecular Hbond substituents is 1. The first-order chi connectivity index (χ1) is 9.52. The Kier molecular flexibility index (Phi) is 3.94. The first kappa shape index (κ1) is 13.9. The molecule has 1 aliphatic heterocycles. The van der Waals surface area contributed by atoms with Gasteiger partial charge >= 0.3 is 11.9 Å². The highest BCUT2D eigenvalue weighted by Gasteiger charge is 2.43. The number of hydrogen-bond donors (Lipinski definition) is 1. The maximum absolute atomic E-state index is 11.9. The Bertz CT molecular complexity index is 561. The zero-order valence-electron chi connectivity index (χ0n) is 11.1. The third kappa shape index (κ3) is 2.75. The third-order valence-corrected chi connectivity index (χ3v) is 2.96. The van der Waals surface area contributed by atoms with Crippen LogP contribution in [-0.2, 0) is 19.1 Å². The van der Waals surface area contributed by atoms with Gasteiger partial charge in [0.15, 0.2) is 5.92 Å². The number of hydrogen-bond acceptors (Lipinski definition) is 5. The number of rotatable bonds is 2. The van der Waals surface area contributed by atoms with E-state index in [2.05, 4.69) is 11.8 Å². The molecule has 1 atom stereocenters. The Morgan fingerprint density at radius 1 is 1.15 bits per heavy atom. The van der Waals surface area contributed by atoms with E-state index in [9.17, 15) is 14.7 Å². The maximum atomic E-state index is 11.9. The Hall–Kier alpha value is -2.48. The Balaban J connectivity index is 2.37. The van der Waals surface area contributed by atoms with Crippen LogP contribution in [0.25, 0.3) is 0 Å². The van der Waals surface area contributed by atoms with Crippen molar-refractivity contribution in [1.29, 1.82) is 0 Å². The zero-order valence-corrected chi connectivity index (χ0v) is 11.1. The summed E-state index contributed by atoms with van der Waals surface area (Å²) in [5.74, 6) is 2.57. The summed E-state index contributed by atoms with van der Waals surface area (Å²) >= 11 is 0. The molecule has 1 aromatic rings. The van der Waals surface area contributed by atoms with E-state index >= 15 is 0 Å². The van der Waals surface area contributed by atoms with Crippen molar-refractivity contribution in [3.8, 4) is 17.6 Å². The van der Waals surface area contributed by atoms with Crippen LogP contribution in [0.3, 0.4) is 0 Å². The molecule has 1 unspecified atom stereocenters. The van der Waals surface area contributed by atoms with Gasteiger partial charge in [0.05, 0.1) is 5.92 Å². The summed E-state index contributed by atoms with van der Waals surface area (Å²) in [5, 5.41) is 9.30. The van der Waals surface area contributed by atoms with Crippen LogP contribution in [-0.4, -0.2) is 23.3 Å². The van der Waals surface area contributed by atoms with Crippen LogP contribution >= 0.6 is 0 Å². The van der Waals surface area contributed by atoms with Crippen molar-refractivity contribution in [2.24, 2.45) is 5.92 Å². The number of carbonyl (C=O) groups excluding carboxylic acids is 2. The molecule has 5 heteroatoms. The van der Waals surface area contributed by atoms with Crippen LogP contribution in [0.1, 0.15) is 25.3 Å². The predicted octanol–water partition coefficient (Wildman–Crippen LogP) is 1.56. The van der Waals surface area contributed by atoms with Gasteiger partial charge in [0, 0.05) is 6.92 Å². The molecule has 1 fully saturated rings. The van der Waals surface area contributed by atoms with Crippen LogP contribution in [0.2, 0.25) is 0 Å². The number of esters is 2. The van der Waals surface area contributed by atoms with Gasteiger partial charge < -0.3 is 14.6 Å². The molecule has 0 saturated carbocycles. The number of cyclic esters (lactones) is 2. The van der Waals surface area contributed by atoms with E-state index in [-0.39, 0.29) is 5.75 Å². The van der Waals surface area contributed by atoms with Crippen LogP contribution in [0.15, 0.2) is 24.3 Å². The molecule has 104 valence electrons. The molecular weight excluding hydrogens is 260 g/mol. The first-order valence-corrected chi connectivity index (χ1v) is 6.15. The molecule has 1 saturated heterocycles. The van der Waals surface area contributed by atoms with E-state index in [1.165, 1.54) is 19.1 Å². The average molecular weight is 274 g/mol. The van der Waals surface area contributed by atoms with Gasteiger partial charge in [0.25, 0.3) is 0 Å². The summed E-state index contributed by atoms with van der Waals surface area (Å²) in [5.41, 5.74) is 0.644. The fourth-order valence-corrected chi connectivity index (χ4v) is 2.06. The van der Waals surface area contributed by atoms with Crippen LogP contribution < -0.4 is 0 Å². The topological polar surface area (TPSA) is 72.8 Å². The van der Waals surface area contributed by atoms with Crippen LogP contribution in [0.4, 0.5) is 0 Å². The molecule has 5 nitrogen and oxygen atoms in total. The standard InChI is InChI=1S/C15H14O5/c1-3-4-12(10-5-7-11(16)8-6-10)13-14(17)19-9(2)20-15(13)18/h5-9,12-13,16H,1-2H3. The summed E-state index contributed by atoms with van der Waals surface area (Å²) in [6, 6.07) is 6.18. The minimum Gasteiger partial charge on any atom is -0.508 e. The van der Waals surface area contributed by atoms with Crippen molar-refractivity contribution in [2.75, 3.05) is 0 Å². The van der Waals surface area contributed by atoms with Gasteiger partial charge in [-0.2, -0.15) is 0 Å². The van der Waals surface area contributed by atoms with E-state index in [0.29, 0.717) is 5.56 Å². The molecule has 2 rings (SSSR count). The van der Waals surface area contributed by atoms with E-state index in [0.717, 1.165) is 0 Å². The lowest BCUT2D eigenvalue weighted by Crippen LogP contribution is -2.42. The summed E-state index contributed by atoms with van der Waals surface area (Å²) in [6.45, 7) is 3.10. The van der Waals surface area contributed by atoms with Crippen molar-refractivity contribution in [3.63, 3.8) is 0 Å². The Morgan fingerprint density at radius 3 is 2.20 bits per heavy atom. The van der Waals surface area contributed by atoms with E-state index in [4.69, 9.17) is 9.47 Å². The highest BCUT2D eigenvalue weighted by atomic mass is 16.7. The van der Waals surface area contributed by atoms with Crippen molar-refractivity contribution >= 4 is 11.9 Å². The van der Waals surface area contributed by atoms with Crippen molar-refractivity contribution in [1.82, 2.24) is 0 Å². The predicted molar refractivity (Wildman–Crippen MR) is 69.4 cm³/mol. The lowest BCUT2D eigenvalue weighted by Gasteiger charge is -2.28. The van der Waals surface area contributed by atoms with E-state index < -0.39 is 30.1 Å². The molecule has 0 spiro atoms. The minimum atomic E-state index is -1.11. The fourth-order valence-electron chi connectivity index (χ4n) is 2.06. The zero-order chi connectivity index (χ0) is 14.7. The van der Waals surface area contributed by atoms with Gasteiger partial charge in [-0.1, -0.05) is 18.1 Å². The number of aromatic hydroxyl groups is 1. The second-order valence-corrected chi connectivity index (χ2v) is 4.38. The molecule has 1 aromatic carbocycles. The molecule has 0 bridgehead atoms. The minimum absolute atomic E-state index is 0.0966. The van der Waals surface area contributed by atoms with E-state index in [1.54, 1.807) is 19.1 Å². The molecule has 0 amide bonds. The largest absolute Gasteiger partial charge is 0.508 e. The fraction of sp³-hybridized carbons (Fsp3) is 0.333. The average Bonchev–Trinajstić information content (AvgIpc) is 2.37. The maximum Gasteiger partial charge on any atom is 0.325 e. The highest BCUT2D eigenvalue weighted by Crippen LogP contribution is 2.30. The normalized spacial score (nSPS) is 23.1. The molecule has 0 aliphatic carbocycles. The van der Waals surface area contributed by atoms with Gasteiger partial charge in [0.2, 0.25) is 6.29 Å². The van der Waals surface area contributed by atoms with Gasteiger partial charge in [-0.05, 0) is 24.6 Å². The van der Waals surface area contributed by atoms with Gasteiger partial charge in [-0.25, -0.2) is 0 Å². The molecule has 1 aliphatic rings. The summed E-state index contributed by atoms with van der Waals surface area (Å²) < 4.78 is 9.89. The summed E-state index contributed by atoms with van der Waals surface area (Å²) in [4.78, 5) is 23.9. The Labute approximate surface area is 116 Å². The monoisotopic (exact) mass is 274 g/mol. The highest BCUT2D eigenvalue weighted by molar-refractivity contribution is 5.98. The Morgan fingerprint density at radius 2 is 1.70 bits per heavy atom. The van der Waals surface area contributed by atoms with Crippen molar-refractivity contribution < 1.29 is 24.2 Å². The van der Waals surface area contributed by atoms with Crippen LogP contribution in [0, 0.1) is 17.8 Å². The van der Waals surface area contributed by atoms with E-state index in [1.807, 2.05) is 0 Å². The SMILES string of the molecule is CC#CC(c1ccc(O)cc1)C1C(=O)OC(C)OC1=O. The lowest BCUT2D eigenvalue weighted by molar-refractivity contribution is -0.208. The number of benzene rings is 1. The van der Waals surface area contributed by atoms with Crippen LogP contribution in [0.5, 0.6) is 5.75 Å². The molecule has 0 aromatic heterocycles. The van der Waals surface area contributed by atoms with Gasteiger partial charge in [-0.15, -0.1) is 5.92 Å². The summed E-state index contributed by atoms with van der Waals surface area (Å²) in [7, 11) is 0. The molecule has 1 N–H and O–H groups in total. The molecule has 1 heterocycles. The summed E-state index contributed by atoms with van der Waals surface area (Å²) in [6.07, 6.45) is -0.874.